The highest BCUT2D eigenvalue weighted by Crippen LogP contribution is 2.29. The molecule has 0 amide bonds. The Morgan fingerprint density at radius 2 is 1.59 bits per heavy atom. The summed E-state index contributed by atoms with van der Waals surface area (Å²) in [5.41, 5.74) is 0.921. The van der Waals surface area contributed by atoms with E-state index in [4.69, 9.17) is 9.97 Å². The van der Waals surface area contributed by atoms with Crippen molar-refractivity contribution in [2.45, 2.75) is 50.5 Å². The van der Waals surface area contributed by atoms with Crippen molar-refractivity contribution in [1.82, 2.24) is 14.7 Å². The van der Waals surface area contributed by atoms with E-state index in [1.165, 1.54) is 0 Å². The zero-order chi connectivity index (χ0) is 24.1. The summed E-state index contributed by atoms with van der Waals surface area (Å²) in [6.45, 7) is 5.50. The highest BCUT2D eigenvalue weighted by molar-refractivity contribution is 9.10. The lowest BCUT2D eigenvalue weighted by atomic mass is 9.82. The molecule has 182 valence electrons. The fourth-order valence-corrected chi connectivity index (χ4v) is 5.72. The van der Waals surface area contributed by atoms with Crippen LogP contribution in [0.5, 0.6) is 0 Å². The molecule has 9 heteroatoms. The average molecular weight is 547 g/mol. The highest BCUT2D eigenvalue weighted by atomic mass is 79.9. The number of sulfonamides is 1. The zero-order valence-corrected chi connectivity index (χ0v) is 22.0. The minimum Gasteiger partial charge on any atom is -0.367 e. The number of hydrogen-bond donors (Lipinski definition) is 3. The number of anilines is 2. The maximum Gasteiger partial charge on any atom is 0.240 e. The van der Waals surface area contributed by atoms with Gasteiger partial charge in [-0.2, -0.15) is 4.98 Å². The molecule has 1 fully saturated rings. The largest absolute Gasteiger partial charge is 0.367 e. The van der Waals surface area contributed by atoms with Gasteiger partial charge in [-0.3, -0.25) is 0 Å². The first-order valence-corrected chi connectivity index (χ1v) is 14.1. The number of halogens is 1. The molecule has 7 nitrogen and oxygen atoms in total. The van der Waals surface area contributed by atoms with Crippen LogP contribution in [0.25, 0.3) is 10.9 Å². The van der Waals surface area contributed by atoms with E-state index in [0.717, 1.165) is 53.4 Å². The second-order valence-corrected chi connectivity index (χ2v) is 12.0. The van der Waals surface area contributed by atoms with Crippen molar-refractivity contribution in [2.24, 2.45) is 11.8 Å². The minimum absolute atomic E-state index is 0.280. The summed E-state index contributed by atoms with van der Waals surface area (Å²) >= 11 is 3.34. The molecule has 1 aromatic heterocycles. The number of aromatic nitrogens is 2. The standard InChI is InChI=1S/C25H32BrN5O2S/c1-17(2)29-24-22-5-3-4-6-23(22)30-25(31-24)27-15-18-7-9-19(10-8-18)16-28-34(32,33)21-13-11-20(26)12-14-21/h3-6,11-14,17-19,28H,7-10,15-16H2,1-2H3,(H2,27,29,30,31)/t18-,19-. The molecule has 0 radical (unpaired) electrons. The van der Waals surface area contributed by atoms with Gasteiger partial charge in [0.05, 0.1) is 10.4 Å². The summed E-state index contributed by atoms with van der Waals surface area (Å²) in [5.74, 6) is 2.38. The molecule has 0 aliphatic heterocycles. The van der Waals surface area contributed by atoms with Gasteiger partial charge in [0, 0.05) is 29.0 Å². The lowest BCUT2D eigenvalue weighted by Crippen LogP contribution is -2.32. The molecule has 0 unspecified atom stereocenters. The fraction of sp³-hybridized carbons (Fsp3) is 0.440. The average Bonchev–Trinajstić information content (AvgIpc) is 2.82. The lowest BCUT2D eigenvalue weighted by molar-refractivity contribution is 0.284. The molecule has 1 aliphatic rings. The molecule has 1 aliphatic carbocycles. The van der Waals surface area contributed by atoms with Gasteiger partial charge in [0.1, 0.15) is 5.82 Å². The van der Waals surface area contributed by atoms with Crippen LogP contribution < -0.4 is 15.4 Å². The Morgan fingerprint density at radius 3 is 2.26 bits per heavy atom. The van der Waals surface area contributed by atoms with Crippen molar-refractivity contribution in [1.29, 1.82) is 0 Å². The monoisotopic (exact) mass is 545 g/mol. The predicted molar refractivity (Wildman–Crippen MR) is 142 cm³/mol. The third kappa shape index (κ3) is 6.46. The van der Waals surface area contributed by atoms with Crippen LogP contribution in [0.4, 0.5) is 11.8 Å². The molecule has 4 rings (SSSR count). The first-order chi connectivity index (χ1) is 16.3. The van der Waals surface area contributed by atoms with Crippen molar-refractivity contribution in [2.75, 3.05) is 23.7 Å². The number of nitrogens with zero attached hydrogens (tertiary/aromatic N) is 2. The van der Waals surface area contributed by atoms with Gasteiger partial charge in [-0.05, 0) is 87.8 Å². The van der Waals surface area contributed by atoms with Crippen LogP contribution >= 0.6 is 15.9 Å². The fourth-order valence-electron chi connectivity index (χ4n) is 4.34. The van der Waals surface area contributed by atoms with Crippen molar-refractivity contribution in [3.05, 3.63) is 53.0 Å². The second kappa shape index (κ2) is 11.0. The molecule has 2 aromatic carbocycles. The van der Waals surface area contributed by atoms with E-state index in [2.05, 4.69) is 45.1 Å². The summed E-state index contributed by atoms with van der Waals surface area (Å²) in [5, 5.41) is 7.88. The Morgan fingerprint density at radius 1 is 0.941 bits per heavy atom. The third-order valence-corrected chi connectivity index (χ3v) is 8.20. The minimum atomic E-state index is -3.47. The topological polar surface area (TPSA) is 96.0 Å². The van der Waals surface area contributed by atoms with Crippen LogP contribution in [0.3, 0.4) is 0 Å². The molecule has 3 N–H and O–H groups in total. The quantitative estimate of drug-likeness (QED) is 0.332. The Bertz CT molecular complexity index is 1210. The van der Waals surface area contributed by atoms with E-state index in [1.807, 2.05) is 24.3 Å². The maximum atomic E-state index is 12.5. The Labute approximate surface area is 210 Å². The number of rotatable bonds is 9. The van der Waals surface area contributed by atoms with E-state index in [-0.39, 0.29) is 6.04 Å². The molecule has 0 saturated heterocycles. The predicted octanol–water partition coefficient (Wildman–Crippen LogP) is 5.41. The van der Waals surface area contributed by atoms with E-state index >= 15 is 0 Å². The number of fused-ring (bicyclic) bond motifs is 1. The first kappa shape index (κ1) is 24.9. The van der Waals surface area contributed by atoms with Gasteiger partial charge in [0.2, 0.25) is 16.0 Å². The van der Waals surface area contributed by atoms with E-state index < -0.39 is 10.0 Å². The molecule has 1 heterocycles. The molecular formula is C25H32BrN5O2S. The van der Waals surface area contributed by atoms with E-state index in [9.17, 15) is 8.42 Å². The van der Waals surface area contributed by atoms with E-state index in [1.54, 1.807) is 24.3 Å². The molecule has 0 atom stereocenters. The van der Waals surface area contributed by atoms with E-state index in [0.29, 0.717) is 29.2 Å². The summed E-state index contributed by atoms with van der Waals surface area (Å²) in [6, 6.07) is 15.0. The smallest absolute Gasteiger partial charge is 0.240 e. The molecule has 1 saturated carbocycles. The molecule has 0 spiro atoms. The first-order valence-electron chi connectivity index (χ1n) is 11.8. The number of benzene rings is 2. The third-order valence-electron chi connectivity index (χ3n) is 6.23. The number of nitrogens with one attached hydrogen (secondary N) is 3. The molecule has 34 heavy (non-hydrogen) atoms. The van der Waals surface area contributed by atoms with Gasteiger partial charge in [-0.25, -0.2) is 18.1 Å². The van der Waals surface area contributed by atoms with Gasteiger partial charge in [0.15, 0.2) is 0 Å². The Kier molecular flexibility index (Phi) is 8.06. The Balaban J connectivity index is 1.28. The highest BCUT2D eigenvalue weighted by Gasteiger charge is 2.23. The van der Waals surface area contributed by atoms with Gasteiger partial charge >= 0.3 is 0 Å². The lowest BCUT2D eigenvalue weighted by Gasteiger charge is -2.28. The van der Waals surface area contributed by atoms with Crippen LogP contribution in [0.2, 0.25) is 0 Å². The van der Waals surface area contributed by atoms with Crippen LogP contribution in [-0.4, -0.2) is 37.5 Å². The summed E-state index contributed by atoms with van der Waals surface area (Å²) < 4.78 is 28.7. The number of para-hydroxylation sites is 1. The van der Waals surface area contributed by atoms with Crippen molar-refractivity contribution >= 4 is 48.6 Å². The van der Waals surface area contributed by atoms with Gasteiger partial charge < -0.3 is 10.6 Å². The van der Waals surface area contributed by atoms with Crippen molar-refractivity contribution in [3.8, 4) is 0 Å². The number of hydrogen-bond acceptors (Lipinski definition) is 6. The van der Waals surface area contributed by atoms with Crippen molar-refractivity contribution < 1.29 is 8.42 Å². The SMILES string of the molecule is CC(C)Nc1nc(NC[C@H]2CC[C@H](CNS(=O)(=O)c3ccc(Br)cc3)CC2)nc2ccccc12. The van der Waals surface area contributed by atoms with Crippen LogP contribution in [0.1, 0.15) is 39.5 Å². The molecule has 0 bridgehead atoms. The zero-order valence-electron chi connectivity index (χ0n) is 19.6. The van der Waals surface area contributed by atoms with Crippen molar-refractivity contribution in [3.63, 3.8) is 0 Å². The van der Waals surface area contributed by atoms with Gasteiger partial charge in [-0.15, -0.1) is 0 Å². The molecular weight excluding hydrogens is 514 g/mol. The second-order valence-electron chi connectivity index (χ2n) is 9.29. The van der Waals surface area contributed by atoms with Gasteiger partial charge in [-0.1, -0.05) is 28.1 Å². The summed E-state index contributed by atoms with van der Waals surface area (Å²) in [6.07, 6.45) is 4.13. The van der Waals surface area contributed by atoms with Gasteiger partial charge in [0.25, 0.3) is 0 Å². The molecule has 3 aromatic rings. The van der Waals surface area contributed by atoms with Crippen LogP contribution in [0, 0.1) is 11.8 Å². The maximum absolute atomic E-state index is 12.5. The van der Waals surface area contributed by atoms with Crippen LogP contribution in [0.15, 0.2) is 57.9 Å². The normalized spacial score (nSPS) is 18.8. The van der Waals surface area contributed by atoms with Crippen LogP contribution in [-0.2, 0) is 10.0 Å². The summed E-state index contributed by atoms with van der Waals surface area (Å²) in [7, 11) is -3.47. The Hall–Kier alpha value is -2.23. The summed E-state index contributed by atoms with van der Waals surface area (Å²) in [4.78, 5) is 9.71.